The van der Waals surface area contributed by atoms with Crippen LogP contribution in [0.25, 0.3) is 0 Å². The highest BCUT2D eigenvalue weighted by Gasteiger charge is 2.11. The summed E-state index contributed by atoms with van der Waals surface area (Å²) in [6.45, 7) is 3.96. The molecule has 0 bridgehead atoms. The molecule has 0 aromatic heterocycles. The van der Waals surface area contributed by atoms with Crippen LogP contribution in [0.5, 0.6) is 0 Å². The van der Waals surface area contributed by atoms with Crippen LogP contribution in [0.3, 0.4) is 0 Å². The third-order valence-electron chi connectivity index (χ3n) is 2.79. The maximum Gasteiger partial charge on any atom is 0.223 e. The number of carbonyl (C=O) groups excluding carboxylic acids is 1. The zero-order valence-electron chi connectivity index (χ0n) is 11.6. The average Bonchev–Trinajstić information content (AvgIpc) is 2.38. The first kappa shape index (κ1) is 17.3. The van der Waals surface area contributed by atoms with E-state index in [-0.39, 0.29) is 12.5 Å². The number of aliphatic hydroxyl groups is 1. The molecule has 0 heterocycles. The Bertz CT molecular complexity index is 215. The molecule has 1 amide bonds. The fourth-order valence-electron chi connectivity index (χ4n) is 1.59. The van der Waals surface area contributed by atoms with Crippen molar-refractivity contribution < 1.29 is 14.6 Å². The highest BCUT2D eigenvalue weighted by atomic mass is 16.5. The lowest BCUT2D eigenvalue weighted by atomic mass is 10.3. The van der Waals surface area contributed by atoms with Crippen LogP contribution in [-0.4, -0.2) is 80.9 Å². The second-order valence-corrected chi connectivity index (χ2v) is 4.27. The number of methoxy groups -OCH3 is 1. The normalized spacial score (nSPS) is 10.9. The number of carbonyl (C=O) groups is 1. The van der Waals surface area contributed by atoms with E-state index in [1.165, 1.54) is 0 Å². The van der Waals surface area contributed by atoms with Gasteiger partial charge in [0.25, 0.3) is 0 Å². The van der Waals surface area contributed by atoms with Crippen molar-refractivity contribution in [2.75, 3.05) is 60.1 Å². The SMILES string of the molecule is COCCN(CCO)CCC(=O)N(C)CCCN. The highest BCUT2D eigenvalue weighted by molar-refractivity contribution is 5.76. The van der Waals surface area contributed by atoms with Crippen molar-refractivity contribution in [2.45, 2.75) is 12.8 Å². The third-order valence-corrected chi connectivity index (χ3v) is 2.79. The minimum Gasteiger partial charge on any atom is -0.395 e. The van der Waals surface area contributed by atoms with Gasteiger partial charge in [-0.1, -0.05) is 0 Å². The van der Waals surface area contributed by atoms with Crippen molar-refractivity contribution in [3.05, 3.63) is 0 Å². The summed E-state index contributed by atoms with van der Waals surface area (Å²) >= 11 is 0. The lowest BCUT2D eigenvalue weighted by Gasteiger charge is -2.22. The molecule has 0 aromatic carbocycles. The number of hydrogen-bond acceptors (Lipinski definition) is 5. The van der Waals surface area contributed by atoms with Crippen LogP contribution >= 0.6 is 0 Å². The van der Waals surface area contributed by atoms with Crippen molar-refractivity contribution in [3.8, 4) is 0 Å². The number of ether oxygens (including phenoxy) is 1. The zero-order chi connectivity index (χ0) is 13.8. The number of nitrogens with zero attached hydrogens (tertiary/aromatic N) is 2. The van der Waals surface area contributed by atoms with Crippen LogP contribution in [0.2, 0.25) is 0 Å². The molecule has 18 heavy (non-hydrogen) atoms. The molecule has 0 aliphatic rings. The largest absolute Gasteiger partial charge is 0.395 e. The van der Waals surface area contributed by atoms with E-state index in [1.807, 2.05) is 4.90 Å². The van der Waals surface area contributed by atoms with Crippen LogP contribution in [0.4, 0.5) is 0 Å². The summed E-state index contributed by atoms with van der Waals surface area (Å²) in [5.41, 5.74) is 5.41. The quantitative estimate of drug-likeness (QED) is 0.505. The van der Waals surface area contributed by atoms with Crippen molar-refractivity contribution in [3.63, 3.8) is 0 Å². The summed E-state index contributed by atoms with van der Waals surface area (Å²) in [5, 5.41) is 8.93. The van der Waals surface area contributed by atoms with E-state index < -0.39 is 0 Å². The summed E-state index contributed by atoms with van der Waals surface area (Å²) in [7, 11) is 3.44. The molecule has 0 aromatic rings. The molecule has 6 nitrogen and oxygen atoms in total. The number of rotatable bonds is 11. The van der Waals surface area contributed by atoms with Gasteiger partial charge in [0.2, 0.25) is 5.91 Å². The van der Waals surface area contributed by atoms with Gasteiger partial charge in [-0.25, -0.2) is 0 Å². The molecule has 0 radical (unpaired) electrons. The predicted molar refractivity (Wildman–Crippen MR) is 71.3 cm³/mol. The minimum atomic E-state index is 0.0981. The van der Waals surface area contributed by atoms with Crippen LogP contribution in [0.15, 0.2) is 0 Å². The van der Waals surface area contributed by atoms with Gasteiger partial charge in [-0.05, 0) is 13.0 Å². The van der Waals surface area contributed by atoms with Crippen LogP contribution < -0.4 is 5.73 Å². The van der Waals surface area contributed by atoms with Crippen LogP contribution in [0.1, 0.15) is 12.8 Å². The van der Waals surface area contributed by atoms with Gasteiger partial charge in [-0.2, -0.15) is 0 Å². The van der Waals surface area contributed by atoms with Gasteiger partial charge < -0.3 is 20.5 Å². The molecule has 0 fully saturated rings. The smallest absolute Gasteiger partial charge is 0.223 e. The van der Waals surface area contributed by atoms with Crippen LogP contribution in [-0.2, 0) is 9.53 Å². The topological polar surface area (TPSA) is 79.0 Å². The molecule has 0 unspecified atom stereocenters. The Balaban J connectivity index is 3.89. The summed E-state index contributed by atoms with van der Waals surface area (Å²) in [6.07, 6.45) is 1.29. The van der Waals surface area contributed by atoms with Gasteiger partial charge in [-0.3, -0.25) is 9.69 Å². The fourth-order valence-corrected chi connectivity index (χ4v) is 1.59. The van der Waals surface area contributed by atoms with Crippen molar-refractivity contribution in [1.29, 1.82) is 0 Å². The molecule has 0 rings (SSSR count). The number of amides is 1. The minimum absolute atomic E-state index is 0.0981. The predicted octanol–water partition coefficient (Wildman–Crippen LogP) is -0.876. The average molecular weight is 261 g/mol. The number of aliphatic hydroxyl groups excluding tert-OH is 1. The maximum atomic E-state index is 11.8. The molecule has 3 N–H and O–H groups in total. The standard InChI is InChI=1S/C12H27N3O3/c1-14(6-3-5-13)12(17)4-7-15(8-10-16)9-11-18-2/h16H,3-11,13H2,1-2H3. The van der Waals surface area contributed by atoms with E-state index in [4.69, 9.17) is 15.6 Å². The van der Waals surface area contributed by atoms with E-state index in [9.17, 15) is 4.79 Å². The molecular weight excluding hydrogens is 234 g/mol. The van der Waals surface area contributed by atoms with Crippen molar-refractivity contribution in [1.82, 2.24) is 9.80 Å². The number of hydrogen-bond donors (Lipinski definition) is 2. The lowest BCUT2D eigenvalue weighted by Crippen LogP contribution is -2.36. The van der Waals surface area contributed by atoms with Gasteiger partial charge in [0, 0.05) is 46.8 Å². The van der Waals surface area contributed by atoms with Gasteiger partial charge in [-0.15, -0.1) is 0 Å². The van der Waals surface area contributed by atoms with Gasteiger partial charge >= 0.3 is 0 Å². The Kier molecular flexibility index (Phi) is 11.0. The molecule has 0 spiro atoms. The Labute approximate surface area is 110 Å². The van der Waals surface area contributed by atoms with E-state index in [0.29, 0.717) is 39.2 Å². The van der Waals surface area contributed by atoms with E-state index in [1.54, 1.807) is 19.1 Å². The Hall–Kier alpha value is -0.690. The summed E-state index contributed by atoms with van der Waals surface area (Å²) in [4.78, 5) is 15.5. The van der Waals surface area contributed by atoms with Gasteiger partial charge in [0.1, 0.15) is 0 Å². The Morgan fingerprint density at radius 3 is 2.56 bits per heavy atom. The molecule has 0 aliphatic heterocycles. The third kappa shape index (κ3) is 8.41. The highest BCUT2D eigenvalue weighted by Crippen LogP contribution is 1.97. The summed E-state index contributed by atoms with van der Waals surface area (Å²) in [6, 6.07) is 0. The summed E-state index contributed by atoms with van der Waals surface area (Å²) < 4.78 is 4.99. The van der Waals surface area contributed by atoms with Crippen molar-refractivity contribution in [2.24, 2.45) is 5.73 Å². The molecular formula is C12H27N3O3. The Morgan fingerprint density at radius 1 is 1.28 bits per heavy atom. The molecule has 0 saturated heterocycles. The Morgan fingerprint density at radius 2 is 2.00 bits per heavy atom. The molecule has 6 heteroatoms. The summed E-state index contributed by atoms with van der Waals surface area (Å²) in [5.74, 6) is 0.115. The fraction of sp³-hybridized carbons (Fsp3) is 0.917. The van der Waals surface area contributed by atoms with Crippen molar-refractivity contribution >= 4 is 5.91 Å². The first-order valence-corrected chi connectivity index (χ1v) is 6.41. The number of nitrogens with two attached hydrogens (primary N) is 1. The zero-order valence-corrected chi connectivity index (χ0v) is 11.6. The van der Waals surface area contributed by atoms with Crippen LogP contribution in [0, 0.1) is 0 Å². The van der Waals surface area contributed by atoms with Gasteiger partial charge in [0.05, 0.1) is 13.2 Å². The first-order chi connectivity index (χ1) is 8.65. The molecule has 0 aliphatic carbocycles. The lowest BCUT2D eigenvalue weighted by molar-refractivity contribution is -0.130. The second kappa shape index (κ2) is 11.4. The molecule has 0 saturated carbocycles. The first-order valence-electron chi connectivity index (χ1n) is 6.41. The van der Waals surface area contributed by atoms with E-state index >= 15 is 0 Å². The maximum absolute atomic E-state index is 11.8. The van der Waals surface area contributed by atoms with Gasteiger partial charge in [0.15, 0.2) is 0 Å². The molecule has 0 atom stereocenters. The second-order valence-electron chi connectivity index (χ2n) is 4.27. The van der Waals surface area contributed by atoms with E-state index in [2.05, 4.69) is 0 Å². The monoisotopic (exact) mass is 261 g/mol. The molecule has 108 valence electrons. The van der Waals surface area contributed by atoms with E-state index in [0.717, 1.165) is 13.0 Å².